The Morgan fingerprint density at radius 2 is 1.70 bits per heavy atom. The summed E-state index contributed by atoms with van der Waals surface area (Å²) >= 11 is 0. The van der Waals surface area contributed by atoms with Crippen molar-refractivity contribution >= 4 is 21.9 Å². The van der Waals surface area contributed by atoms with E-state index in [2.05, 4.69) is 9.97 Å². The monoisotopic (exact) mass is 542 g/mol. The summed E-state index contributed by atoms with van der Waals surface area (Å²) in [7, 11) is -3.84. The van der Waals surface area contributed by atoms with Gasteiger partial charge < -0.3 is 15.9 Å². The highest BCUT2D eigenvalue weighted by Crippen LogP contribution is 2.34. The second kappa shape index (κ2) is 11.2. The van der Waals surface area contributed by atoms with E-state index in [9.17, 15) is 31.1 Å². The largest absolute Gasteiger partial charge is 0.490 e. The van der Waals surface area contributed by atoms with Crippen LogP contribution in [0.15, 0.2) is 59.8 Å². The Hall–Kier alpha value is -3.62. The number of carbonyl (C=O) groups is 1. The molecule has 0 bridgehead atoms. The molecule has 4 rings (SSSR count). The van der Waals surface area contributed by atoms with Crippen molar-refractivity contribution in [2.45, 2.75) is 30.0 Å². The van der Waals surface area contributed by atoms with Crippen LogP contribution in [0.2, 0.25) is 0 Å². The number of halogens is 4. The van der Waals surface area contributed by atoms with Crippen molar-refractivity contribution < 1.29 is 41.0 Å². The summed E-state index contributed by atoms with van der Waals surface area (Å²) in [5.74, 6) is -3.19. The van der Waals surface area contributed by atoms with Crippen molar-refractivity contribution in [3.05, 3.63) is 60.7 Å². The molecule has 1 aromatic heterocycles. The van der Waals surface area contributed by atoms with E-state index >= 15 is 0 Å². The van der Waals surface area contributed by atoms with E-state index in [0.717, 1.165) is 0 Å². The van der Waals surface area contributed by atoms with Crippen molar-refractivity contribution in [2.75, 3.05) is 18.9 Å². The number of aliphatic carboxylic acids is 1. The quantitative estimate of drug-likeness (QED) is 0.416. The smallest absolute Gasteiger partial charge is 0.475 e. The molecule has 2 heterocycles. The van der Waals surface area contributed by atoms with Gasteiger partial charge in [-0.3, -0.25) is 0 Å². The molecule has 9 nitrogen and oxygen atoms in total. The summed E-state index contributed by atoms with van der Waals surface area (Å²) in [6.45, 7) is 0.126. The SMILES string of the molecule is Nc1ncc(-c2ccc(-c3ccccc3S(=O)(=O)N3CCC[C@H]3CO)cc2F)cn1.O=C(O)C(F)(F)F. The number of aliphatic hydroxyl groups excluding tert-OH is 1. The van der Waals surface area contributed by atoms with Crippen LogP contribution in [0, 0.1) is 5.82 Å². The first kappa shape index (κ1) is 28.0. The maximum Gasteiger partial charge on any atom is 0.490 e. The van der Waals surface area contributed by atoms with Crippen LogP contribution in [0.25, 0.3) is 22.3 Å². The molecule has 2 aromatic carbocycles. The third-order valence-corrected chi connectivity index (χ3v) is 7.52. The van der Waals surface area contributed by atoms with Gasteiger partial charge in [-0.05, 0) is 30.5 Å². The van der Waals surface area contributed by atoms with Crippen LogP contribution in [-0.2, 0) is 14.8 Å². The maximum absolute atomic E-state index is 14.9. The Morgan fingerprint density at radius 3 is 2.27 bits per heavy atom. The zero-order valence-corrected chi connectivity index (χ0v) is 19.9. The number of aromatic nitrogens is 2. The summed E-state index contributed by atoms with van der Waals surface area (Å²) in [4.78, 5) is 16.7. The van der Waals surface area contributed by atoms with Crippen LogP contribution in [-0.4, -0.2) is 64.2 Å². The van der Waals surface area contributed by atoms with Crippen LogP contribution in [0.5, 0.6) is 0 Å². The predicted molar refractivity (Wildman–Crippen MR) is 125 cm³/mol. The van der Waals surface area contributed by atoms with Crippen molar-refractivity contribution in [1.82, 2.24) is 14.3 Å². The van der Waals surface area contributed by atoms with E-state index in [1.807, 2.05) is 0 Å². The Bertz CT molecular complexity index is 1370. The van der Waals surface area contributed by atoms with Crippen LogP contribution in [0.1, 0.15) is 12.8 Å². The van der Waals surface area contributed by atoms with Crippen molar-refractivity contribution in [3.63, 3.8) is 0 Å². The fourth-order valence-corrected chi connectivity index (χ4v) is 5.66. The molecule has 0 amide bonds. The minimum absolute atomic E-state index is 0.0910. The van der Waals surface area contributed by atoms with Gasteiger partial charge in [0.1, 0.15) is 5.82 Å². The van der Waals surface area contributed by atoms with Gasteiger partial charge in [0.15, 0.2) is 0 Å². The lowest BCUT2D eigenvalue weighted by atomic mass is 10.0. The van der Waals surface area contributed by atoms with E-state index in [4.69, 9.17) is 15.6 Å². The van der Waals surface area contributed by atoms with Gasteiger partial charge in [-0.25, -0.2) is 27.6 Å². The molecule has 1 aliphatic rings. The molecule has 0 saturated carbocycles. The molecule has 198 valence electrons. The zero-order valence-electron chi connectivity index (χ0n) is 19.1. The zero-order chi connectivity index (χ0) is 27.4. The summed E-state index contributed by atoms with van der Waals surface area (Å²) in [5.41, 5.74) is 7.08. The highest BCUT2D eigenvalue weighted by Gasteiger charge is 2.38. The van der Waals surface area contributed by atoms with Crippen molar-refractivity contribution in [2.24, 2.45) is 0 Å². The highest BCUT2D eigenvalue weighted by molar-refractivity contribution is 7.89. The molecule has 1 fully saturated rings. The van der Waals surface area contributed by atoms with Gasteiger partial charge in [-0.15, -0.1) is 0 Å². The number of sulfonamides is 1. The Labute approximate surface area is 209 Å². The lowest BCUT2D eigenvalue weighted by Crippen LogP contribution is -2.37. The van der Waals surface area contributed by atoms with Crippen molar-refractivity contribution in [3.8, 4) is 22.3 Å². The molecule has 4 N–H and O–H groups in total. The van der Waals surface area contributed by atoms with E-state index in [1.165, 1.54) is 28.8 Å². The van der Waals surface area contributed by atoms with E-state index < -0.39 is 34.0 Å². The number of carboxylic acids is 1. The molecule has 14 heteroatoms. The van der Waals surface area contributed by atoms with Gasteiger partial charge in [-0.1, -0.05) is 30.3 Å². The minimum Gasteiger partial charge on any atom is -0.475 e. The number of aliphatic hydroxyl groups is 1. The van der Waals surface area contributed by atoms with Gasteiger partial charge in [0, 0.05) is 41.7 Å². The van der Waals surface area contributed by atoms with Gasteiger partial charge >= 0.3 is 12.1 Å². The van der Waals surface area contributed by atoms with Gasteiger partial charge in [-0.2, -0.15) is 17.5 Å². The molecule has 0 spiro atoms. The van der Waals surface area contributed by atoms with Crippen LogP contribution in [0.3, 0.4) is 0 Å². The number of nitrogens with zero attached hydrogens (tertiary/aromatic N) is 3. The van der Waals surface area contributed by atoms with E-state index in [1.54, 1.807) is 30.3 Å². The predicted octanol–water partition coefficient (Wildman–Crippen LogP) is 3.31. The second-order valence-corrected chi connectivity index (χ2v) is 9.78. The topological polar surface area (TPSA) is 147 Å². The summed E-state index contributed by atoms with van der Waals surface area (Å²) in [6, 6.07) is 10.6. The normalized spacial score (nSPS) is 16.2. The molecule has 1 saturated heterocycles. The number of benzene rings is 2. The fourth-order valence-electron chi connectivity index (χ4n) is 3.76. The molecule has 3 aromatic rings. The third kappa shape index (κ3) is 6.39. The number of hydrogen-bond donors (Lipinski definition) is 3. The average molecular weight is 543 g/mol. The third-order valence-electron chi connectivity index (χ3n) is 5.51. The maximum atomic E-state index is 14.9. The van der Waals surface area contributed by atoms with Gasteiger partial charge in [0.2, 0.25) is 16.0 Å². The Morgan fingerprint density at radius 1 is 1.08 bits per heavy atom. The standard InChI is InChI=1S/C21H21FN4O3S.C2HF3O2/c22-19-10-14(7-8-17(19)15-11-24-21(23)25-12-15)18-5-1-2-6-20(18)30(28,29)26-9-3-4-16(26)13-27;3-2(4,5)1(6)7/h1-2,5-8,10-12,16,27H,3-4,9,13H2,(H2,23,24,25);(H,6,7)/t16-;/m0./s1. The summed E-state index contributed by atoms with van der Waals surface area (Å²) < 4.78 is 74.6. The van der Waals surface area contributed by atoms with Gasteiger partial charge in [0.25, 0.3) is 0 Å². The van der Waals surface area contributed by atoms with E-state index in [-0.39, 0.29) is 17.5 Å². The number of rotatable bonds is 5. The molecule has 1 aliphatic heterocycles. The van der Waals surface area contributed by atoms with Gasteiger partial charge in [0.05, 0.1) is 11.5 Å². The van der Waals surface area contributed by atoms with Crippen molar-refractivity contribution in [1.29, 1.82) is 0 Å². The second-order valence-electron chi connectivity index (χ2n) is 7.92. The molecular formula is C23H22F4N4O5S. The van der Waals surface area contributed by atoms with Crippen LogP contribution >= 0.6 is 0 Å². The number of nitrogens with two attached hydrogens (primary N) is 1. The first-order chi connectivity index (χ1) is 17.4. The summed E-state index contributed by atoms with van der Waals surface area (Å²) in [6.07, 6.45) is -0.910. The number of hydrogen-bond acceptors (Lipinski definition) is 7. The van der Waals surface area contributed by atoms with Crippen LogP contribution < -0.4 is 5.73 Å². The molecular weight excluding hydrogens is 520 g/mol. The number of nitrogen functional groups attached to an aromatic ring is 1. The summed E-state index contributed by atoms with van der Waals surface area (Å²) in [5, 5.41) is 16.7. The number of alkyl halides is 3. The number of anilines is 1. The molecule has 0 aliphatic carbocycles. The molecule has 0 unspecified atom stereocenters. The van der Waals surface area contributed by atoms with Crippen LogP contribution in [0.4, 0.5) is 23.5 Å². The lowest BCUT2D eigenvalue weighted by molar-refractivity contribution is -0.192. The molecule has 37 heavy (non-hydrogen) atoms. The minimum atomic E-state index is -5.08. The lowest BCUT2D eigenvalue weighted by Gasteiger charge is -2.24. The fraction of sp³-hybridized carbons (Fsp3) is 0.261. The highest BCUT2D eigenvalue weighted by atomic mass is 32.2. The first-order valence-corrected chi connectivity index (χ1v) is 12.2. The number of carboxylic acid groups (broad SMARTS) is 1. The van der Waals surface area contributed by atoms with E-state index in [0.29, 0.717) is 41.6 Å². The average Bonchev–Trinajstić information content (AvgIpc) is 3.35. The first-order valence-electron chi connectivity index (χ1n) is 10.8. The Kier molecular flexibility index (Phi) is 8.46. The Balaban J connectivity index is 0.000000479. The molecule has 0 radical (unpaired) electrons. The molecule has 1 atom stereocenters.